The van der Waals surface area contributed by atoms with E-state index in [0.717, 1.165) is 19.4 Å². The van der Waals surface area contributed by atoms with Crippen molar-refractivity contribution in [2.24, 2.45) is 5.92 Å². The van der Waals surface area contributed by atoms with E-state index >= 15 is 0 Å². The maximum absolute atomic E-state index is 13.1. The Kier molecular flexibility index (Phi) is 2.70. The molecule has 1 heterocycles. The van der Waals surface area contributed by atoms with Crippen LogP contribution in [0.25, 0.3) is 0 Å². The van der Waals surface area contributed by atoms with Crippen LogP contribution in [-0.4, -0.2) is 36.2 Å². The van der Waals surface area contributed by atoms with Crippen molar-refractivity contribution >= 4 is 0 Å². The van der Waals surface area contributed by atoms with Crippen LogP contribution < -0.4 is 0 Å². The van der Waals surface area contributed by atoms with E-state index in [0.29, 0.717) is 12.0 Å². The predicted molar refractivity (Wildman–Crippen MR) is 53.5 cm³/mol. The summed E-state index contributed by atoms with van der Waals surface area (Å²) in [6, 6.07) is 0.367. The highest BCUT2D eigenvalue weighted by Gasteiger charge is 2.35. The maximum Gasteiger partial charge on any atom is 0.119 e. The first-order valence-electron chi connectivity index (χ1n) is 5.10. The van der Waals surface area contributed by atoms with Crippen molar-refractivity contribution < 1.29 is 9.50 Å². The highest BCUT2D eigenvalue weighted by Crippen LogP contribution is 2.36. The minimum absolute atomic E-state index is 0.116. The van der Waals surface area contributed by atoms with Gasteiger partial charge in [-0.2, -0.15) is 0 Å². The molecular formula is C11H16FNO. The number of halogens is 1. The summed E-state index contributed by atoms with van der Waals surface area (Å²) in [6.45, 7) is 1.13. The average Bonchev–Trinajstić information content (AvgIpc) is 2.44. The van der Waals surface area contributed by atoms with Gasteiger partial charge in [0.2, 0.25) is 0 Å². The van der Waals surface area contributed by atoms with Crippen LogP contribution in [0, 0.1) is 5.92 Å². The Morgan fingerprint density at radius 3 is 3.14 bits per heavy atom. The van der Waals surface area contributed by atoms with Gasteiger partial charge in [-0.1, -0.05) is 0 Å². The fraction of sp³-hybridized carbons (Fsp3) is 0.636. The molecular weight excluding hydrogens is 181 g/mol. The monoisotopic (exact) mass is 197 g/mol. The summed E-state index contributed by atoms with van der Waals surface area (Å²) in [4.78, 5) is 2.25. The fourth-order valence-corrected chi connectivity index (χ4v) is 2.49. The van der Waals surface area contributed by atoms with Crippen molar-refractivity contribution in [1.29, 1.82) is 0 Å². The van der Waals surface area contributed by atoms with Gasteiger partial charge in [0.25, 0.3) is 0 Å². The number of likely N-dealkylation sites (tertiary alicyclic amines) is 1. The number of likely N-dealkylation sites (N-methyl/N-ethyl adjacent to an activating group) is 1. The SMILES string of the molecule is CN1CC(CCO)C2=CC(F)=CCC21. The third kappa shape index (κ3) is 1.62. The molecule has 14 heavy (non-hydrogen) atoms. The quantitative estimate of drug-likeness (QED) is 0.725. The molecule has 2 aliphatic rings. The topological polar surface area (TPSA) is 23.5 Å². The van der Waals surface area contributed by atoms with E-state index in [4.69, 9.17) is 5.11 Å². The fourth-order valence-electron chi connectivity index (χ4n) is 2.49. The molecule has 0 aromatic carbocycles. The molecule has 0 aromatic rings. The summed E-state index contributed by atoms with van der Waals surface area (Å²) >= 11 is 0. The lowest BCUT2D eigenvalue weighted by atomic mass is 9.90. The van der Waals surface area contributed by atoms with Crippen LogP contribution in [0.3, 0.4) is 0 Å². The molecule has 0 radical (unpaired) electrons. The highest BCUT2D eigenvalue weighted by molar-refractivity contribution is 5.32. The number of nitrogens with zero attached hydrogens (tertiary/aromatic N) is 1. The van der Waals surface area contributed by atoms with E-state index < -0.39 is 0 Å². The number of rotatable bonds is 2. The summed E-state index contributed by atoms with van der Waals surface area (Å²) < 4.78 is 13.1. The Balaban J connectivity index is 2.19. The van der Waals surface area contributed by atoms with E-state index in [2.05, 4.69) is 11.9 Å². The van der Waals surface area contributed by atoms with Crippen molar-refractivity contribution in [3.8, 4) is 0 Å². The minimum Gasteiger partial charge on any atom is -0.396 e. The van der Waals surface area contributed by atoms with Crippen LogP contribution in [0.2, 0.25) is 0 Å². The smallest absolute Gasteiger partial charge is 0.119 e. The highest BCUT2D eigenvalue weighted by atomic mass is 19.1. The van der Waals surface area contributed by atoms with Crippen molar-refractivity contribution in [1.82, 2.24) is 4.90 Å². The van der Waals surface area contributed by atoms with Crippen LogP contribution in [0.1, 0.15) is 12.8 Å². The second-order valence-corrected chi connectivity index (χ2v) is 4.13. The molecule has 78 valence electrons. The second kappa shape index (κ2) is 3.83. The van der Waals surface area contributed by atoms with E-state index in [1.807, 2.05) is 0 Å². The van der Waals surface area contributed by atoms with E-state index in [-0.39, 0.29) is 12.4 Å². The summed E-state index contributed by atoms with van der Waals surface area (Å²) in [6.07, 6.45) is 4.82. The van der Waals surface area contributed by atoms with Crippen LogP contribution in [-0.2, 0) is 0 Å². The number of aliphatic hydroxyl groups is 1. The molecule has 2 unspecified atom stereocenters. The first-order valence-corrected chi connectivity index (χ1v) is 5.10. The summed E-state index contributed by atoms with van der Waals surface area (Å²) in [7, 11) is 2.06. The first kappa shape index (κ1) is 9.87. The molecule has 0 bridgehead atoms. The zero-order valence-electron chi connectivity index (χ0n) is 8.41. The molecule has 0 saturated carbocycles. The molecule has 3 heteroatoms. The number of hydrogen-bond acceptors (Lipinski definition) is 2. The maximum atomic E-state index is 13.1. The van der Waals surface area contributed by atoms with E-state index in [9.17, 15) is 4.39 Å². The molecule has 1 aliphatic heterocycles. The van der Waals surface area contributed by atoms with Crippen LogP contribution in [0.15, 0.2) is 23.6 Å². The largest absolute Gasteiger partial charge is 0.396 e. The van der Waals surface area contributed by atoms with Gasteiger partial charge in [-0.3, -0.25) is 4.90 Å². The van der Waals surface area contributed by atoms with Crippen LogP contribution in [0.4, 0.5) is 4.39 Å². The molecule has 0 aromatic heterocycles. The standard InChI is InChI=1S/C11H16FNO/c1-13-7-8(4-5-14)10-6-9(12)2-3-11(10)13/h2,6,8,11,14H,3-5,7H2,1H3. The van der Waals surface area contributed by atoms with E-state index in [1.165, 1.54) is 5.57 Å². The van der Waals surface area contributed by atoms with Crippen molar-refractivity contribution in [3.05, 3.63) is 23.6 Å². The third-order valence-corrected chi connectivity index (χ3v) is 3.21. The van der Waals surface area contributed by atoms with Crippen LogP contribution >= 0.6 is 0 Å². The molecule has 0 amide bonds. The molecule has 2 rings (SSSR count). The molecule has 1 N–H and O–H groups in total. The average molecular weight is 197 g/mol. The van der Waals surface area contributed by atoms with Gasteiger partial charge in [-0.15, -0.1) is 0 Å². The Hall–Kier alpha value is -0.670. The Morgan fingerprint density at radius 1 is 1.64 bits per heavy atom. The molecule has 0 spiro atoms. The van der Waals surface area contributed by atoms with Gasteiger partial charge in [0, 0.05) is 19.2 Å². The van der Waals surface area contributed by atoms with Gasteiger partial charge >= 0.3 is 0 Å². The molecule has 1 saturated heterocycles. The van der Waals surface area contributed by atoms with Crippen LogP contribution in [0.5, 0.6) is 0 Å². The predicted octanol–water partition coefficient (Wildman–Crippen LogP) is 1.48. The zero-order valence-corrected chi connectivity index (χ0v) is 8.41. The number of allylic oxidation sites excluding steroid dienone is 2. The van der Waals surface area contributed by atoms with Gasteiger partial charge in [-0.05, 0) is 43.5 Å². The van der Waals surface area contributed by atoms with Crippen molar-refractivity contribution in [3.63, 3.8) is 0 Å². The number of aliphatic hydroxyl groups excluding tert-OH is 1. The molecule has 2 nitrogen and oxygen atoms in total. The lowest BCUT2D eigenvalue weighted by molar-refractivity contribution is 0.258. The van der Waals surface area contributed by atoms with Gasteiger partial charge in [0.1, 0.15) is 5.83 Å². The van der Waals surface area contributed by atoms with Crippen molar-refractivity contribution in [2.75, 3.05) is 20.2 Å². The third-order valence-electron chi connectivity index (χ3n) is 3.21. The molecule has 1 fully saturated rings. The molecule has 1 aliphatic carbocycles. The number of fused-ring (bicyclic) bond motifs is 1. The van der Waals surface area contributed by atoms with Crippen molar-refractivity contribution in [2.45, 2.75) is 18.9 Å². The number of hydrogen-bond donors (Lipinski definition) is 1. The minimum atomic E-state index is -0.116. The molecule has 2 atom stereocenters. The zero-order chi connectivity index (χ0) is 10.1. The lowest BCUT2D eigenvalue weighted by Crippen LogP contribution is -2.26. The second-order valence-electron chi connectivity index (χ2n) is 4.13. The van der Waals surface area contributed by atoms with Gasteiger partial charge in [0.05, 0.1) is 0 Å². The first-order chi connectivity index (χ1) is 6.72. The summed E-state index contributed by atoms with van der Waals surface area (Å²) in [5, 5.41) is 8.92. The Morgan fingerprint density at radius 2 is 2.43 bits per heavy atom. The van der Waals surface area contributed by atoms with Gasteiger partial charge in [0.15, 0.2) is 0 Å². The van der Waals surface area contributed by atoms with E-state index in [1.54, 1.807) is 12.2 Å². The van der Waals surface area contributed by atoms with Gasteiger partial charge in [-0.25, -0.2) is 4.39 Å². The van der Waals surface area contributed by atoms with Gasteiger partial charge < -0.3 is 5.11 Å². The summed E-state index contributed by atoms with van der Waals surface area (Å²) in [5.74, 6) is 0.226. The lowest BCUT2D eigenvalue weighted by Gasteiger charge is -2.21. The normalized spacial score (nSPS) is 32.5. The Bertz CT molecular complexity index is 285. The summed E-state index contributed by atoms with van der Waals surface area (Å²) in [5.41, 5.74) is 1.17. The Labute approximate surface area is 83.7 Å².